The summed E-state index contributed by atoms with van der Waals surface area (Å²) >= 11 is 4.14. The molecule has 0 aliphatic rings. The fraction of sp³-hybridized carbons (Fsp3) is 0.316. The van der Waals surface area contributed by atoms with Gasteiger partial charge in [0, 0.05) is 24.2 Å². The lowest BCUT2D eigenvalue weighted by atomic mass is 10.1. The number of nitrogens with zero attached hydrogens (tertiary/aromatic N) is 3. The van der Waals surface area contributed by atoms with Gasteiger partial charge in [-0.15, -0.1) is 0 Å². The molecule has 1 N–H and O–H groups in total. The number of halogens is 3. The second kappa shape index (κ2) is 8.52. The second-order valence-corrected chi connectivity index (χ2v) is 6.63. The Morgan fingerprint density at radius 1 is 1.36 bits per heavy atom. The molecule has 0 aliphatic carbocycles. The maximum atomic E-state index is 13.3. The number of aromatic nitrogens is 1. The fourth-order valence-electron chi connectivity index (χ4n) is 2.66. The third-order valence-corrected chi connectivity index (χ3v) is 4.44. The van der Waals surface area contributed by atoms with Gasteiger partial charge < -0.3 is 10.2 Å². The van der Waals surface area contributed by atoms with Crippen LogP contribution in [-0.4, -0.2) is 29.7 Å². The van der Waals surface area contributed by atoms with Crippen molar-refractivity contribution < 1.29 is 18.0 Å². The summed E-state index contributed by atoms with van der Waals surface area (Å²) in [6.45, 7) is 3.27. The number of pyridine rings is 1. The molecule has 28 heavy (non-hydrogen) atoms. The number of anilines is 2. The Labute approximate surface area is 166 Å². The van der Waals surface area contributed by atoms with Gasteiger partial charge in [0.1, 0.15) is 23.5 Å². The molecule has 0 saturated heterocycles. The Balaban J connectivity index is 2.38. The van der Waals surface area contributed by atoms with Crippen LogP contribution in [0.25, 0.3) is 0 Å². The van der Waals surface area contributed by atoms with Crippen molar-refractivity contribution in [1.29, 1.82) is 5.26 Å². The maximum Gasteiger partial charge on any atom is 0.417 e. The van der Waals surface area contributed by atoms with Crippen molar-refractivity contribution in [2.24, 2.45) is 0 Å². The van der Waals surface area contributed by atoms with Gasteiger partial charge in [-0.1, -0.05) is 12.1 Å². The van der Waals surface area contributed by atoms with Gasteiger partial charge in [-0.05, 0) is 37.6 Å². The number of amides is 1. The average molecular weight is 408 g/mol. The lowest BCUT2D eigenvalue weighted by Crippen LogP contribution is -2.42. The van der Waals surface area contributed by atoms with Gasteiger partial charge in [-0.3, -0.25) is 4.79 Å². The number of hydrogen-bond donors (Lipinski definition) is 2. The first-order valence-corrected chi connectivity index (χ1v) is 8.92. The van der Waals surface area contributed by atoms with E-state index in [0.717, 1.165) is 11.6 Å². The Morgan fingerprint density at radius 3 is 2.57 bits per heavy atom. The minimum absolute atomic E-state index is 0.00314. The molecule has 0 spiro atoms. The Hall–Kier alpha value is -2.73. The number of carbonyl (C=O) groups excluding carboxylic acids is 1. The fourth-order valence-corrected chi connectivity index (χ4v) is 2.91. The van der Waals surface area contributed by atoms with E-state index in [1.807, 2.05) is 13.0 Å². The topological polar surface area (TPSA) is 69.0 Å². The smallest absolute Gasteiger partial charge is 0.357 e. The van der Waals surface area contributed by atoms with Crippen LogP contribution in [0.15, 0.2) is 30.3 Å². The van der Waals surface area contributed by atoms with Crippen LogP contribution in [0, 0.1) is 25.2 Å². The van der Waals surface area contributed by atoms with Crippen molar-refractivity contribution in [2.75, 3.05) is 23.0 Å². The van der Waals surface area contributed by atoms with E-state index < -0.39 is 29.3 Å². The summed E-state index contributed by atoms with van der Waals surface area (Å²) in [5, 5.41) is 11.9. The number of carbonyl (C=O) groups is 1. The molecule has 0 fully saturated rings. The van der Waals surface area contributed by atoms with Gasteiger partial charge in [-0.25, -0.2) is 4.98 Å². The number of nitrogens with one attached hydrogen (secondary N) is 1. The first kappa shape index (κ1) is 21.6. The van der Waals surface area contributed by atoms with Crippen LogP contribution in [-0.2, 0) is 11.0 Å². The van der Waals surface area contributed by atoms with E-state index in [4.69, 9.17) is 0 Å². The maximum absolute atomic E-state index is 13.3. The zero-order valence-corrected chi connectivity index (χ0v) is 16.4. The Bertz CT molecular complexity index is 924. The minimum Gasteiger partial charge on any atom is -0.357 e. The van der Waals surface area contributed by atoms with Crippen LogP contribution in [0.4, 0.5) is 24.7 Å². The van der Waals surface area contributed by atoms with Gasteiger partial charge in [0.25, 0.3) is 0 Å². The first-order valence-electron chi connectivity index (χ1n) is 8.29. The number of rotatable bonds is 5. The third-order valence-electron chi connectivity index (χ3n) is 4.08. The molecule has 2 aromatic rings. The van der Waals surface area contributed by atoms with Crippen molar-refractivity contribution >= 4 is 30.0 Å². The summed E-state index contributed by atoms with van der Waals surface area (Å²) < 4.78 is 39.8. The zero-order chi connectivity index (χ0) is 21.1. The molecule has 1 aromatic carbocycles. The molecule has 1 aromatic heterocycles. The monoisotopic (exact) mass is 408 g/mol. The molecule has 148 valence electrons. The van der Waals surface area contributed by atoms with E-state index in [1.54, 1.807) is 25.2 Å². The third kappa shape index (κ3) is 4.75. The molecule has 1 amide bonds. The van der Waals surface area contributed by atoms with E-state index in [2.05, 4.69) is 22.9 Å². The number of benzene rings is 1. The van der Waals surface area contributed by atoms with Crippen molar-refractivity contribution in [2.45, 2.75) is 26.1 Å². The summed E-state index contributed by atoms with van der Waals surface area (Å²) in [6.07, 6.45) is -4.71. The quantitative estimate of drug-likeness (QED) is 0.735. The van der Waals surface area contributed by atoms with E-state index in [-0.39, 0.29) is 17.3 Å². The number of aryl methyl sites for hydroxylation is 2. The molecule has 0 aliphatic heterocycles. The van der Waals surface area contributed by atoms with E-state index in [1.165, 1.54) is 17.9 Å². The van der Waals surface area contributed by atoms with Gasteiger partial charge in [0.2, 0.25) is 5.91 Å². The molecule has 0 unspecified atom stereocenters. The highest BCUT2D eigenvalue weighted by molar-refractivity contribution is 7.80. The molecule has 0 radical (unpaired) electrons. The van der Waals surface area contributed by atoms with Crippen LogP contribution in [0.5, 0.6) is 0 Å². The number of alkyl halides is 3. The highest BCUT2D eigenvalue weighted by atomic mass is 32.1. The molecular formula is C19H19F3N4OS. The molecule has 1 heterocycles. The van der Waals surface area contributed by atoms with Gasteiger partial charge >= 0.3 is 6.18 Å². The summed E-state index contributed by atoms with van der Waals surface area (Å²) in [5.41, 5.74) is -0.0914. The Kier molecular flexibility index (Phi) is 6.56. The Morgan fingerprint density at radius 2 is 2.04 bits per heavy atom. The zero-order valence-electron chi connectivity index (χ0n) is 15.5. The highest BCUT2D eigenvalue weighted by Crippen LogP contribution is 2.35. The summed E-state index contributed by atoms with van der Waals surface area (Å²) in [4.78, 5) is 18.2. The predicted molar refractivity (Wildman–Crippen MR) is 105 cm³/mol. The highest BCUT2D eigenvalue weighted by Gasteiger charge is 2.36. The number of nitriles is 1. The van der Waals surface area contributed by atoms with Crippen LogP contribution in [0.2, 0.25) is 0 Å². The molecule has 1 atom stereocenters. The van der Waals surface area contributed by atoms with Crippen molar-refractivity contribution in [3.8, 4) is 6.07 Å². The molecular weight excluding hydrogens is 389 g/mol. The van der Waals surface area contributed by atoms with Crippen LogP contribution in [0.3, 0.4) is 0 Å². The molecule has 2 rings (SSSR count). The standard InChI is InChI=1S/C19H19F3N4OS/c1-11-5-4-6-13(7-11)26(3)18(27)16(10-28)25-17-14(9-23)15(19(20,21)22)8-12(2)24-17/h4-8,16,28H,10H2,1-3H3,(H,24,25)/t16-/m0/s1. The van der Waals surface area contributed by atoms with Crippen molar-refractivity contribution in [3.05, 3.63) is 52.7 Å². The van der Waals surface area contributed by atoms with Crippen LogP contribution in [0.1, 0.15) is 22.4 Å². The van der Waals surface area contributed by atoms with E-state index >= 15 is 0 Å². The van der Waals surface area contributed by atoms with Gasteiger partial charge in [0.15, 0.2) is 0 Å². The van der Waals surface area contributed by atoms with Gasteiger partial charge in [0.05, 0.1) is 5.56 Å². The van der Waals surface area contributed by atoms with E-state index in [9.17, 15) is 23.2 Å². The van der Waals surface area contributed by atoms with Crippen LogP contribution < -0.4 is 10.2 Å². The van der Waals surface area contributed by atoms with Crippen molar-refractivity contribution in [1.82, 2.24) is 4.98 Å². The summed E-state index contributed by atoms with van der Waals surface area (Å²) in [6, 6.07) is 8.59. The van der Waals surface area contributed by atoms with Gasteiger partial charge in [-0.2, -0.15) is 31.1 Å². The number of hydrogen-bond acceptors (Lipinski definition) is 5. The predicted octanol–water partition coefficient (Wildman–Crippen LogP) is 3.96. The average Bonchev–Trinajstić information content (AvgIpc) is 2.63. The molecule has 0 saturated carbocycles. The number of thiol groups is 1. The SMILES string of the molecule is Cc1cccc(N(C)C(=O)[C@H](CS)Nc2nc(C)cc(C(F)(F)F)c2C#N)c1. The lowest BCUT2D eigenvalue weighted by molar-refractivity contribution is -0.137. The summed E-state index contributed by atoms with van der Waals surface area (Å²) in [5.74, 6) is -0.710. The number of likely N-dealkylation sites (N-methyl/N-ethyl adjacent to an activating group) is 1. The molecule has 5 nitrogen and oxygen atoms in total. The second-order valence-electron chi connectivity index (χ2n) is 6.26. The molecule has 9 heteroatoms. The first-order chi connectivity index (χ1) is 13.1. The normalized spacial score (nSPS) is 12.2. The minimum atomic E-state index is -4.71. The van der Waals surface area contributed by atoms with Crippen LogP contribution >= 0.6 is 12.6 Å². The van der Waals surface area contributed by atoms with E-state index in [0.29, 0.717) is 5.69 Å². The lowest BCUT2D eigenvalue weighted by Gasteiger charge is -2.25. The van der Waals surface area contributed by atoms with Crippen molar-refractivity contribution in [3.63, 3.8) is 0 Å². The molecule has 0 bridgehead atoms. The largest absolute Gasteiger partial charge is 0.417 e. The summed E-state index contributed by atoms with van der Waals surface area (Å²) in [7, 11) is 1.56.